The molecular weight excluding hydrogens is 284 g/mol. The Hall–Kier alpha value is -2.34. The van der Waals surface area contributed by atoms with E-state index in [2.05, 4.69) is 16.6 Å². The van der Waals surface area contributed by atoms with Crippen molar-refractivity contribution < 1.29 is 19.1 Å². The fourth-order valence-electron chi connectivity index (χ4n) is 1.73. The lowest BCUT2D eigenvalue weighted by molar-refractivity contribution is -0.124. The lowest BCUT2D eigenvalue weighted by Gasteiger charge is -2.23. The summed E-state index contributed by atoms with van der Waals surface area (Å²) in [6.45, 7) is 6.34. The van der Waals surface area contributed by atoms with E-state index in [1.807, 2.05) is 36.2 Å². The van der Waals surface area contributed by atoms with Gasteiger partial charge in [0.05, 0.1) is 13.2 Å². The number of ether oxygens (including phenoxy) is 2. The monoisotopic (exact) mass is 306 g/mol. The predicted molar refractivity (Wildman–Crippen MR) is 83.6 cm³/mol. The van der Waals surface area contributed by atoms with E-state index < -0.39 is 18.0 Å². The highest BCUT2D eigenvalue weighted by molar-refractivity contribution is 5.94. The summed E-state index contributed by atoms with van der Waals surface area (Å²) in [4.78, 5) is 24.7. The van der Waals surface area contributed by atoms with Crippen molar-refractivity contribution in [3.8, 4) is 5.75 Å². The maximum absolute atomic E-state index is 11.8. The fourth-order valence-corrected chi connectivity index (χ4v) is 1.73. The van der Waals surface area contributed by atoms with Gasteiger partial charge in [-0.05, 0) is 31.7 Å². The number of likely N-dealkylation sites (N-methyl/N-ethyl adjacent to an activating group) is 1. The number of carbonyl (C=O) groups excluding carboxylic acids is 2. The Morgan fingerprint density at radius 1 is 1.36 bits per heavy atom. The van der Waals surface area contributed by atoms with Gasteiger partial charge in [-0.25, -0.2) is 4.79 Å². The number of benzene rings is 1. The van der Waals surface area contributed by atoms with E-state index in [-0.39, 0.29) is 0 Å². The van der Waals surface area contributed by atoms with Gasteiger partial charge in [-0.2, -0.15) is 0 Å². The molecule has 0 spiro atoms. The maximum atomic E-state index is 11.8. The number of carbonyl (C=O) groups is 2. The van der Waals surface area contributed by atoms with Crippen LogP contribution in [0.25, 0.3) is 0 Å². The van der Waals surface area contributed by atoms with Gasteiger partial charge in [-0.1, -0.05) is 24.8 Å². The van der Waals surface area contributed by atoms with Gasteiger partial charge >= 0.3 is 6.09 Å². The second-order valence-corrected chi connectivity index (χ2v) is 4.82. The Labute approximate surface area is 130 Å². The van der Waals surface area contributed by atoms with Crippen molar-refractivity contribution in [1.82, 2.24) is 10.2 Å². The second kappa shape index (κ2) is 8.84. The molecule has 0 bridgehead atoms. The number of methoxy groups -OCH3 is 1. The van der Waals surface area contributed by atoms with E-state index in [4.69, 9.17) is 4.74 Å². The maximum Gasteiger partial charge on any atom is 0.413 e. The highest BCUT2D eigenvalue weighted by atomic mass is 16.5. The van der Waals surface area contributed by atoms with Crippen LogP contribution in [0.1, 0.15) is 12.5 Å². The minimum Gasteiger partial charge on any atom is -0.490 e. The molecule has 2 amide bonds. The SMILES string of the molecule is C=CCOc1ccc(CN(C)[C@H](C)C(=O)NC(=O)OC)cc1. The molecule has 0 aliphatic rings. The van der Waals surface area contributed by atoms with Crippen LogP contribution in [0.4, 0.5) is 4.79 Å². The molecule has 6 heteroatoms. The molecule has 1 aromatic rings. The predicted octanol–water partition coefficient (Wildman–Crippen LogP) is 1.95. The first kappa shape index (κ1) is 17.7. The molecule has 0 unspecified atom stereocenters. The van der Waals surface area contributed by atoms with E-state index >= 15 is 0 Å². The van der Waals surface area contributed by atoms with Crippen LogP contribution in [0, 0.1) is 0 Å². The molecule has 1 rings (SSSR count). The van der Waals surface area contributed by atoms with Crippen LogP contribution in [0.3, 0.4) is 0 Å². The van der Waals surface area contributed by atoms with Gasteiger partial charge in [-0.3, -0.25) is 15.0 Å². The average molecular weight is 306 g/mol. The molecule has 0 saturated carbocycles. The first-order chi connectivity index (χ1) is 10.5. The number of imide groups is 1. The first-order valence-electron chi connectivity index (χ1n) is 6.89. The lowest BCUT2D eigenvalue weighted by Crippen LogP contribution is -2.45. The van der Waals surface area contributed by atoms with Crippen molar-refractivity contribution in [1.29, 1.82) is 0 Å². The number of amides is 2. The van der Waals surface area contributed by atoms with Crippen LogP contribution >= 0.6 is 0 Å². The summed E-state index contributed by atoms with van der Waals surface area (Å²) in [6.07, 6.45) is 0.928. The molecule has 0 fully saturated rings. The van der Waals surface area contributed by atoms with Gasteiger partial charge in [0.25, 0.3) is 0 Å². The van der Waals surface area contributed by atoms with Crippen molar-refractivity contribution >= 4 is 12.0 Å². The van der Waals surface area contributed by atoms with Crippen LogP contribution in [0.5, 0.6) is 5.75 Å². The molecule has 0 heterocycles. The summed E-state index contributed by atoms with van der Waals surface area (Å²) in [5.74, 6) is 0.364. The molecule has 0 aliphatic carbocycles. The smallest absolute Gasteiger partial charge is 0.413 e. The van der Waals surface area contributed by atoms with E-state index in [9.17, 15) is 9.59 Å². The summed E-state index contributed by atoms with van der Waals surface area (Å²) in [5.41, 5.74) is 1.03. The van der Waals surface area contributed by atoms with Gasteiger partial charge in [-0.15, -0.1) is 0 Å². The number of hydrogen-bond acceptors (Lipinski definition) is 5. The minimum atomic E-state index is -0.756. The molecule has 1 aromatic carbocycles. The summed E-state index contributed by atoms with van der Waals surface area (Å²) >= 11 is 0. The van der Waals surface area contributed by atoms with Crippen LogP contribution in [-0.4, -0.2) is 43.7 Å². The number of nitrogens with one attached hydrogen (secondary N) is 1. The summed E-state index contributed by atoms with van der Waals surface area (Å²) < 4.78 is 9.81. The van der Waals surface area contributed by atoms with E-state index in [0.717, 1.165) is 11.3 Å². The van der Waals surface area contributed by atoms with Crippen LogP contribution in [-0.2, 0) is 16.1 Å². The topological polar surface area (TPSA) is 67.9 Å². The largest absolute Gasteiger partial charge is 0.490 e. The zero-order chi connectivity index (χ0) is 16.5. The first-order valence-corrected chi connectivity index (χ1v) is 6.89. The Balaban J connectivity index is 2.56. The molecule has 0 saturated heterocycles. The lowest BCUT2D eigenvalue weighted by atomic mass is 10.2. The zero-order valence-corrected chi connectivity index (χ0v) is 13.2. The van der Waals surface area contributed by atoms with Crippen molar-refractivity contribution in [3.05, 3.63) is 42.5 Å². The van der Waals surface area contributed by atoms with Gasteiger partial charge in [0.1, 0.15) is 12.4 Å². The van der Waals surface area contributed by atoms with Crippen molar-refractivity contribution in [2.24, 2.45) is 0 Å². The Kier molecular flexibility index (Phi) is 7.12. The van der Waals surface area contributed by atoms with Gasteiger partial charge in [0, 0.05) is 6.54 Å². The Morgan fingerprint density at radius 2 is 2.00 bits per heavy atom. The standard InChI is InChI=1S/C16H22N2O4/c1-5-10-22-14-8-6-13(7-9-14)11-18(3)12(2)15(19)17-16(20)21-4/h5-9,12H,1,10-11H2,2-4H3,(H,17,19,20)/t12-/m1/s1. The van der Waals surface area contributed by atoms with Gasteiger partial charge < -0.3 is 9.47 Å². The van der Waals surface area contributed by atoms with Gasteiger partial charge in [0.2, 0.25) is 5.91 Å². The second-order valence-electron chi connectivity index (χ2n) is 4.82. The van der Waals surface area contributed by atoms with Crippen molar-refractivity contribution in [3.63, 3.8) is 0 Å². The molecular formula is C16H22N2O4. The third-order valence-corrected chi connectivity index (χ3v) is 3.17. The van der Waals surface area contributed by atoms with Crippen molar-refractivity contribution in [2.45, 2.75) is 19.5 Å². The molecule has 6 nitrogen and oxygen atoms in total. The molecule has 120 valence electrons. The molecule has 1 atom stereocenters. The third kappa shape index (κ3) is 5.57. The summed E-state index contributed by atoms with van der Waals surface area (Å²) in [5, 5.41) is 2.16. The molecule has 0 aromatic heterocycles. The Bertz CT molecular complexity index is 513. The van der Waals surface area contributed by atoms with E-state index in [0.29, 0.717) is 13.2 Å². The summed E-state index contributed by atoms with van der Waals surface area (Å²) in [7, 11) is 3.02. The quantitative estimate of drug-likeness (QED) is 0.780. The zero-order valence-electron chi connectivity index (χ0n) is 13.2. The summed E-state index contributed by atoms with van der Waals surface area (Å²) in [6, 6.07) is 7.13. The molecule has 22 heavy (non-hydrogen) atoms. The van der Waals surface area contributed by atoms with Crippen LogP contribution in [0.2, 0.25) is 0 Å². The van der Waals surface area contributed by atoms with Crippen molar-refractivity contribution in [2.75, 3.05) is 20.8 Å². The number of hydrogen-bond donors (Lipinski definition) is 1. The minimum absolute atomic E-state index is 0.403. The average Bonchev–Trinajstić information content (AvgIpc) is 2.53. The highest BCUT2D eigenvalue weighted by Gasteiger charge is 2.20. The molecule has 1 N–H and O–H groups in total. The van der Waals surface area contributed by atoms with Crippen LogP contribution in [0.15, 0.2) is 36.9 Å². The molecule has 0 radical (unpaired) electrons. The fraction of sp³-hybridized carbons (Fsp3) is 0.375. The normalized spacial score (nSPS) is 11.6. The van der Waals surface area contributed by atoms with E-state index in [1.54, 1.807) is 13.0 Å². The highest BCUT2D eigenvalue weighted by Crippen LogP contribution is 2.14. The number of alkyl carbamates (subject to hydrolysis) is 1. The van der Waals surface area contributed by atoms with E-state index in [1.165, 1.54) is 7.11 Å². The van der Waals surface area contributed by atoms with Crippen LogP contribution < -0.4 is 10.1 Å². The third-order valence-electron chi connectivity index (χ3n) is 3.17. The van der Waals surface area contributed by atoms with Gasteiger partial charge in [0.15, 0.2) is 0 Å². The Morgan fingerprint density at radius 3 is 2.55 bits per heavy atom. The molecule has 0 aliphatic heterocycles. The number of nitrogens with zero attached hydrogens (tertiary/aromatic N) is 1. The number of rotatable bonds is 7.